The molecule has 1 aliphatic rings. The van der Waals surface area contributed by atoms with Gasteiger partial charge in [0.2, 0.25) is 5.91 Å². The Morgan fingerprint density at radius 2 is 2.20 bits per heavy atom. The molecule has 2 rings (SSSR count). The number of aliphatic hydroxyl groups is 1. The summed E-state index contributed by atoms with van der Waals surface area (Å²) in [5.41, 5.74) is 0.713. The molecule has 1 N–H and O–H groups in total. The fourth-order valence-corrected chi connectivity index (χ4v) is 2.74. The lowest BCUT2D eigenvalue weighted by atomic mass is 10.0. The maximum absolute atomic E-state index is 12.2. The van der Waals surface area contributed by atoms with Crippen molar-refractivity contribution in [1.82, 2.24) is 4.90 Å². The van der Waals surface area contributed by atoms with E-state index in [1.54, 1.807) is 29.2 Å². The van der Waals surface area contributed by atoms with Crippen LogP contribution in [0.15, 0.2) is 24.3 Å². The summed E-state index contributed by atoms with van der Waals surface area (Å²) in [6.07, 6.45) is 6.05. The molecule has 0 radical (unpaired) electrons. The summed E-state index contributed by atoms with van der Waals surface area (Å²) in [5, 5.41) is 10.4. The van der Waals surface area contributed by atoms with E-state index in [2.05, 4.69) is 0 Å². The van der Waals surface area contributed by atoms with Crippen molar-refractivity contribution in [3.05, 3.63) is 39.9 Å². The van der Waals surface area contributed by atoms with Gasteiger partial charge in [-0.1, -0.05) is 23.2 Å². The quantitative estimate of drug-likeness (QED) is 0.869. The SMILES string of the molecule is O=C(/C=C/c1cc(Cl)ccc1Cl)N1CCCCC1CO. The molecule has 1 heterocycles. The van der Waals surface area contributed by atoms with Crippen LogP contribution in [-0.2, 0) is 4.79 Å². The van der Waals surface area contributed by atoms with Crippen LogP contribution in [0.4, 0.5) is 0 Å². The van der Waals surface area contributed by atoms with E-state index in [1.165, 1.54) is 6.08 Å². The van der Waals surface area contributed by atoms with E-state index in [4.69, 9.17) is 23.2 Å². The highest BCUT2D eigenvalue weighted by molar-refractivity contribution is 6.34. The average molecular weight is 314 g/mol. The molecule has 1 atom stereocenters. The van der Waals surface area contributed by atoms with Gasteiger partial charge in [0.1, 0.15) is 0 Å². The first kappa shape index (κ1) is 15.4. The third-order valence-electron chi connectivity index (χ3n) is 3.48. The zero-order valence-electron chi connectivity index (χ0n) is 11.1. The molecule has 1 unspecified atom stereocenters. The number of carbonyl (C=O) groups excluding carboxylic acids is 1. The molecule has 108 valence electrons. The van der Waals surface area contributed by atoms with E-state index in [0.717, 1.165) is 19.3 Å². The van der Waals surface area contributed by atoms with Crippen molar-refractivity contribution in [2.24, 2.45) is 0 Å². The van der Waals surface area contributed by atoms with E-state index >= 15 is 0 Å². The maximum atomic E-state index is 12.2. The van der Waals surface area contributed by atoms with Gasteiger partial charge in [-0.3, -0.25) is 4.79 Å². The van der Waals surface area contributed by atoms with Crippen LogP contribution in [-0.4, -0.2) is 35.1 Å². The monoisotopic (exact) mass is 313 g/mol. The molecule has 1 fully saturated rings. The topological polar surface area (TPSA) is 40.5 Å². The summed E-state index contributed by atoms with van der Waals surface area (Å²) >= 11 is 12.0. The van der Waals surface area contributed by atoms with Gasteiger partial charge in [0.05, 0.1) is 12.6 Å². The third-order valence-corrected chi connectivity index (χ3v) is 4.06. The Bertz CT molecular complexity index is 517. The first-order chi connectivity index (χ1) is 9.61. The van der Waals surface area contributed by atoms with Crippen molar-refractivity contribution < 1.29 is 9.90 Å². The van der Waals surface area contributed by atoms with Gasteiger partial charge in [0.25, 0.3) is 0 Å². The Kier molecular flexibility index (Phi) is 5.46. The minimum absolute atomic E-state index is 0.0114. The van der Waals surface area contributed by atoms with Crippen molar-refractivity contribution in [1.29, 1.82) is 0 Å². The van der Waals surface area contributed by atoms with E-state index in [-0.39, 0.29) is 18.6 Å². The molecule has 1 aliphatic heterocycles. The standard InChI is InChI=1S/C15H17Cl2NO2/c16-12-5-6-14(17)11(9-12)4-7-15(20)18-8-2-1-3-13(18)10-19/h4-7,9,13,19H,1-3,8,10H2/b7-4+. The van der Waals surface area contributed by atoms with E-state index in [1.807, 2.05) is 0 Å². The van der Waals surface area contributed by atoms with Crippen molar-refractivity contribution >= 4 is 35.2 Å². The predicted octanol–water partition coefficient (Wildman–Crippen LogP) is 3.38. The molecule has 1 amide bonds. The molecular weight excluding hydrogens is 297 g/mol. The van der Waals surface area contributed by atoms with Gasteiger partial charge in [0, 0.05) is 22.7 Å². The average Bonchev–Trinajstić information content (AvgIpc) is 2.47. The van der Waals surface area contributed by atoms with Gasteiger partial charge < -0.3 is 10.0 Å². The molecule has 1 saturated heterocycles. The third kappa shape index (κ3) is 3.75. The highest BCUT2D eigenvalue weighted by atomic mass is 35.5. The Labute approximate surface area is 128 Å². The lowest BCUT2D eigenvalue weighted by molar-refractivity contribution is -0.130. The minimum Gasteiger partial charge on any atom is -0.394 e. The van der Waals surface area contributed by atoms with Crippen LogP contribution in [0, 0.1) is 0 Å². The Hall–Kier alpha value is -1.03. The maximum Gasteiger partial charge on any atom is 0.246 e. The van der Waals surface area contributed by atoms with Gasteiger partial charge in [0.15, 0.2) is 0 Å². The van der Waals surface area contributed by atoms with Crippen LogP contribution in [0.2, 0.25) is 10.0 Å². The van der Waals surface area contributed by atoms with Crippen LogP contribution < -0.4 is 0 Å². The van der Waals surface area contributed by atoms with Gasteiger partial charge >= 0.3 is 0 Å². The lowest BCUT2D eigenvalue weighted by Gasteiger charge is -2.33. The normalized spacial score (nSPS) is 19.6. The summed E-state index contributed by atoms with van der Waals surface area (Å²) in [7, 11) is 0. The molecule has 3 nitrogen and oxygen atoms in total. The fraction of sp³-hybridized carbons (Fsp3) is 0.400. The summed E-state index contributed by atoms with van der Waals surface area (Å²) in [6, 6.07) is 5.05. The molecule has 0 saturated carbocycles. The van der Waals surface area contributed by atoms with E-state index in [0.29, 0.717) is 22.2 Å². The van der Waals surface area contributed by atoms with E-state index in [9.17, 15) is 9.90 Å². The van der Waals surface area contributed by atoms with Gasteiger partial charge in [-0.25, -0.2) is 0 Å². The molecule has 0 aromatic heterocycles. The Morgan fingerprint density at radius 1 is 1.40 bits per heavy atom. The number of benzene rings is 1. The Balaban J connectivity index is 2.10. The van der Waals surface area contributed by atoms with Crippen LogP contribution >= 0.6 is 23.2 Å². The number of halogens is 2. The van der Waals surface area contributed by atoms with Gasteiger partial charge in [-0.05, 0) is 49.1 Å². The number of likely N-dealkylation sites (tertiary alicyclic amines) is 1. The number of nitrogens with zero attached hydrogens (tertiary/aromatic N) is 1. The molecule has 1 aromatic carbocycles. The van der Waals surface area contributed by atoms with Crippen molar-refractivity contribution in [2.45, 2.75) is 25.3 Å². The van der Waals surface area contributed by atoms with E-state index < -0.39 is 0 Å². The zero-order valence-corrected chi connectivity index (χ0v) is 12.6. The lowest BCUT2D eigenvalue weighted by Crippen LogP contribution is -2.44. The van der Waals surface area contributed by atoms with Crippen molar-refractivity contribution in [3.8, 4) is 0 Å². The fourth-order valence-electron chi connectivity index (χ4n) is 2.38. The Morgan fingerprint density at radius 3 is 2.95 bits per heavy atom. The van der Waals surface area contributed by atoms with Crippen molar-refractivity contribution in [2.75, 3.05) is 13.2 Å². The van der Waals surface area contributed by atoms with Gasteiger partial charge in [-0.2, -0.15) is 0 Å². The highest BCUT2D eigenvalue weighted by Gasteiger charge is 2.24. The highest BCUT2D eigenvalue weighted by Crippen LogP contribution is 2.22. The summed E-state index contributed by atoms with van der Waals surface area (Å²) < 4.78 is 0. The molecule has 5 heteroatoms. The predicted molar refractivity (Wildman–Crippen MR) is 81.9 cm³/mol. The number of hydrogen-bond acceptors (Lipinski definition) is 2. The van der Waals surface area contributed by atoms with Crippen LogP contribution in [0.1, 0.15) is 24.8 Å². The first-order valence-corrected chi connectivity index (χ1v) is 7.42. The first-order valence-electron chi connectivity index (χ1n) is 6.66. The van der Waals surface area contributed by atoms with Crippen molar-refractivity contribution in [3.63, 3.8) is 0 Å². The number of amides is 1. The largest absolute Gasteiger partial charge is 0.394 e. The van der Waals surface area contributed by atoms with Crippen LogP contribution in [0.3, 0.4) is 0 Å². The number of hydrogen-bond donors (Lipinski definition) is 1. The van der Waals surface area contributed by atoms with Gasteiger partial charge in [-0.15, -0.1) is 0 Å². The second-order valence-electron chi connectivity index (χ2n) is 4.86. The smallest absolute Gasteiger partial charge is 0.246 e. The van der Waals surface area contributed by atoms with Crippen LogP contribution in [0.5, 0.6) is 0 Å². The second kappa shape index (κ2) is 7.11. The second-order valence-corrected chi connectivity index (χ2v) is 5.71. The number of rotatable bonds is 3. The molecule has 0 aliphatic carbocycles. The molecule has 1 aromatic rings. The number of piperidine rings is 1. The summed E-state index contributed by atoms with van der Waals surface area (Å²) in [4.78, 5) is 13.9. The molecular formula is C15H17Cl2NO2. The molecule has 0 spiro atoms. The zero-order chi connectivity index (χ0) is 14.5. The van der Waals surface area contributed by atoms with Crippen LogP contribution in [0.25, 0.3) is 6.08 Å². The molecule has 0 bridgehead atoms. The number of aliphatic hydroxyl groups excluding tert-OH is 1. The number of carbonyl (C=O) groups is 1. The summed E-state index contributed by atoms with van der Waals surface area (Å²) in [5.74, 6) is -0.0974. The minimum atomic E-state index is -0.0974. The summed E-state index contributed by atoms with van der Waals surface area (Å²) in [6.45, 7) is 0.704. The molecule has 20 heavy (non-hydrogen) atoms.